The Hall–Kier alpha value is -1.54. The second-order valence-electron chi connectivity index (χ2n) is 3.60. The zero-order valence-corrected chi connectivity index (χ0v) is 11.1. The van der Waals surface area contributed by atoms with Crippen LogP contribution in [0.15, 0.2) is 30.6 Å². The molecule has 94 valence electrons. The number of aromatic nitrogens is 2. The second-order valence-corrected chi connectivity index (χ2v) is 4.01. The Kier molecular flexibility index (Phi) is 5.17. The molecule has 2 aromatic rings. The smallest absolute Gasteiger partial charge is 0.128 e. The van der Waals surface area contributed by atoms with Crippen LogP contribution in [0.3, 0.4) is 0 Å². The number of benzene rings is 1. The fraction of sp³-hybridized carbons (Fsp3) is 0.167. The summed E-state index contributed by atoms with van der Waals surface area (Å²) in [4.78, 5) is 0. The van der Waals surface area contributed by atoms with Crippen LogP contribution in [0.4, 0.5) is 0 Å². The maximum absolute atomic E-state index is 8.58. The number of rotatable bonds is 3. The average Bonchev–Trinajstić information content (AvgIpc) is 2.79. The molecule has 4 nitrogen and oxygen atoms in total. The third kappa shape index (κ3) is 3.02. The van der Waals surface area contributed by atoms with Crippen molar-refractivity contribution in [1.29, 1.82) is 5.26 Å². The molecule has 0 aliphatic heterocycles. The van der Waals surface area contributed by atoms with E-state index in [2.05, 4.69) is 5.10 Å². The summed E-state index contributed by atoms with van der Waals surface area (Å²) in [6, 6.07) is 7.69. The van der Waals surface area contributed by atoms with E-state index in [1.165, 1.54) is 0 Å². The molecule has 0 radical (unpaired) electrons. The van der Waals surface area contributed by atoms with Gasteiger partial charge in [0.1, 0.15) is 6.54 Å². The average molecular weight is 283 g/mol. The van der Waals surface area contributed by atoms with Gasteiger partial charge in [0, 0.05) is 28.9 Å². The van der Waals surface area contributed by atoms with Crippen LogP contribution in [0.2, 0.25) is 5.02 Å². The van der Waals surface area contributed by atoms with Crippen molar-refractivity contribution < 1.29 is 0 Å². The molecule has 18 heavy (non-hydrogen) atoms. The topological polar surface area (TPSA) is 67.6 Å². The SMILES string of the molecule is Cl.N#CCn1cc(-c2cc(CN)ccc2Cl)cn1. The fourth-order valence-corrected chi connectivity index (χ4v) is 1.81. The number of hydrogen-bond donors (Lipinski definition) is 1. The highest BCUT2D eigenvalue weighted by molar-refractivity contribution is 6.33. The Balaban J connectivity index is 0.00000162. The number of hydrogen-bond acceptors (Lipinski definition) is 3. The Bertz CT molecular complexity index is 572. The quantitative estimate of drug-likeness (QED) is 0.941. The van der Waals surface area contributed by atoms with Gasteiger partial charge >= 0.3 is 0 Å². The Morgan fingerprint density at radius 1 is 1.44 bits per heavy atom. The van der Waals surface area contributed by atoms with Crippen LogP contribution < -0.4 is 5.73 Å². The lowest BCUT2D eigenvalue weighted by Gasteiger charge is -2.04. The van der Waals surface area contributed by atoms with Gasteiger partial charge in [-0.25, -0.2) is 0 Å². The van der Waals surface area contributed by atoms with Gasteiger partial charge in [0.25, 0.3) is 0 Å². The molecule has 0 unspecified atom stereocenters. The normalized spacial score (nSPS) is 9.61. The van der Waals surface area contributed by atoms with Crippen molar-refractivity contribution in [1.82, 2.24) is 9.78 Å². The molecule has 0 amide bonds. The van der Waals surface area contributed by atoms with E-state index < -0.39 is 0 Å². The molecule has 0 bridgehead atoms. The van der Waals surface area contributed by atoms with Crippen molar-refractivity contribution in [2.24, 2.45) is 5.73 Å². The third-order valence-electron chi connectivity index (χ3n) is 2.44. The van der Waals surface area contributed by atoms with Gasteiger partial charge in [0.05, 0.1) is 12.3 Å². The van der Waals surface area contributed by atoms with Gasteiger partial charge in [0.15, 0.2) is 0 Å². The molecule has 1 aromatic heterocycles. The summed E-state index contributed by atoms with van der Waals surface area (Å²) in [5.41, 5.74) is 8.38. The van der Waals surface area contributed by atoms with E-state index in [1.807, 2.05) is 24.3 Å². The zero-order chi connectivity index (χ0) is 12.3. The van der Waals surface area contributed by atoms with E-state index in [1.54, 1.807) is 17.1 Å². The number of halogens is 2. The van der Waals surface area contributed by atoms with Gasteiger partial charge in [-0.3, -0.25) is 4.68 Å². The van der Waals surface area contributed by atoms with E-state index >= 15 is 0 Å². The molecule has 0 aliphatic rings. The highest BCUT2D eigenvalue weighted by Gasteiger charge is 2.07. The van der Waals surface area contributed by atoms with Crippen LogP contribution in [-0.4, -0.2) is 9.78 Å². The molecule has 6 heteroatoms. The minimum absolute atomic E-state index is 0. The van der Waals surface area contributed by atoms with Gasteiger partial charge < -0.3 is 5.73 Å². The number of nitrogens with zero attached hydrogens (tertiary/aromatic N) is 3. The minimum Gasteiger partial charge on any atom is -0.326 e. The van der Waals surface area contributed by atoms with Crippen LogP contribution in [-0.2, 0) is 13.1 Å². The first-order valence-corrected chi connectivity index (χ1v) is 5.50. The van der Waals surface area contributed by atoms with Gasteiger partial charge in [0.2, 0.25) is 0 Å². The van der Waals surface area contributed by atoms with Crippen molar-refractivity contribution in [3.8, 4) is 17.2 Å². The van der Waals surface area contributed by atoms with E-state index in [4.69, 9.17) is 22.6 Å². The van der Waals surface area contributed by atoms with Gasteiger partial charge in [-0.2, -0.15) is 10.4 Å². The van der Waals surface area contributed by atoms with Crippen molar-refractivity contribution in [2.75, 3.05) is 0 Å². The van der Waals surface area contributed by atoms with Crippen molar-refractivity contribution >= 4 is 24.0 Å². The predicted octanol–water partition coefficient (Wildman–Crippen LogP) is 2.61. The molecular formula is C12H12Cl2N4. The summed E-state index contributed by atoms with van der Waals surface area (Å²) in [6.07, 6.45) is 3.49. The summed E-state index contributed by atoms with van der Waals surface area (Å²) in [7, 11) is 0. The first kappa shape index (κ1) is 14.5. The van der Waals surface area contributed by atoms with Gasteiger partial charge in [-0.1, -0.05) is 17.7 Å². The molecule has 0 spiro atoms. The molecule has 2 rings (SSSR count). The highest BCUT2D eigenvalue weighted by atomic mass is 35.5. The molecule has 2 N–H and O–H groups in total. The molecular weight excluding hydrogens is 271 g/mol. The summed E-state index contributed by atoms with van der Waals surface area (Å²) < 4.78 is 1.57. The standard InChI is InChI=1S/C12H11ClN4.ClH/c13-12-2-1-9(6-15)5-11(12)10-7-16-17(8-10)4-3-14;/h1-2,5,7-8H,4,6,15H2;1H. The minimum atomic E-state index is 0. The van der Waals surface area contributed by atoms with E-state index in [0.717, 1.165) is 16.7 Å². The van der Waals surface area contributed by atoms with E-state index in [9.17, 15) is 0 Å². The van der Waals surface area contributed by atoms with E-state index in [-0.39, 0.29) is 19.0 Å². The number of nitriles is 1. The largest absolute Gasteiger partial charge is 0.326 e. The molecule has 0 saturated heterocycles. The summed E-state index contributed by atoms with van der Waals surface area (Å²) in [6.45, 7) is 0.699. The third-order valence-corrected chi connectivity index (χ3v) is 2.77. The molecule has 0 fully saturated rings. The maximum atomic E-state index is 8.58. The van der Waals surface area contributed by atoms with Gasteiger partial charge in [-0.05, 0) is 17.7 Å². The highest BCUT2D eigenvalue weighted by Crippen LogP contribution is 2.28. The first-order valence-electron chi connectivity index (χ1n) is 5.13. The Morgan fingerprint density at radius 2 is 2.22 bits per heavy atom. The first-order chi connectivity index (χ1) is 8.24. The molecule has 0 aliphatic carbocycles. The lowest BCUT2D eigenvalue weighted by atomic mass is 10.1. The van der Waals surface area contributed by atoms with Crippen LogP contribution in [0.1, 0.15) is 5.56 Å². The van der Waals surface area contributed by atoms with Crippen molar-refractivity contribution in [2.45, 2.75) is 13.1 Å². The monoisotopic (exact) mass is 282 g/mol. The Morgan fingerprint density at radius 3 is 2.89 bits per heavy atom. The fourth-order valence-electron chi connectivity index (χ4n) is 1.58. The molecule has 0 atom stereocenters. The van der Waals surface area contributed by atoms with Gasteiger partial charge in [-0.15, -0.1) is 12.4 Å². The summed E-state index contributed by atoms with van der Waals surface area (Å²) in [5, 5.41) is 13.3. The molecule has 1 aromatic carbocycles. The van der Waals surface area contributed by atoms with Crippen LogP contribution in [0, 0.1) is 11.3 Å². The van der Waals surface area contributed by atoms with E-state index in [0.29, 0.717) is 11.6 Å². The molecule has 1 heterocycles. The number of nitrogens with two attached hydrogens (primary N) is 1. The van der Waals surface area contributed by atoms with Crippen LogP contribution in [0.25, 0.3) is 11.1 Å². The van der Waals surface area contributed by atoms with Crippen molar-refractivity contribution in [3.05, 3.63) is 41.2 Å². The van der Waals surface area contributed by atoms with Crippen LogP contribution >= 0.6 is 24.0 Å². The summed E-state index contributed by atoms with van der Waals surface area (Å²) >= 11 is 6.13. The van der Waals surface area contributed by atoms with Crippen LogP contribution in [0.5, 0.6) is 0 Å². The molecule has 0 saturated carbocycles. The predicted molar refractivity (Wildman–Crippen MR) is 73.4 cm³/mol. The second kappa shape index (κ2) is 6.41. The zero-order valence-electron chi connectivity index (χ0n) is 9.51. The Labute approximate surface area is 116 Å². The van der Waals surface area contributed by atoms with Crippen molar-refractivity contribution in [3.63, 3.8) is 0 Å². The lowest BCUT2D eigenvalue weighted by Crippen LogP contribution is -1.96. The maximum Gasteiger partial charge on any atom is 0.128 e. The lowest BCUT2D eigenvalue weighted by molar-refractivity contribution is 0.710. The summed E-state index contributed by atoms with van der Waals surface area (Å²) in [5.74, 6) is 0.